The monoisotopic (exact) mass is 287 g/mol. The van der Waals surface area contributed by atoms with Gasteiger partial charge in [-0.25, -0.2) is 4.98 Å². The molecule has 4 heteroatoms. The van der Waals surface area contributed by atoms with Crippen LogP contribution in [0.3, 0.4) is 0 Å². The Morgan fingerprint density at radius 3 is 2.86 bits per heavy atom. The number of nitrogens with one attached hydrogen (secondary N) is 1. The van der Waals surface area contributed by atoms with Crippen LogP contribution >= 0.6 is 0 Å². The van der Waals surface area contributed by atoms with Crippen LogP contribution in [0, 0.1) is 12.8 Å². The summed E-state index contributed by atoms with van der Waals surface area (Å²) in [5.41, 5.74) is 2.42. The zero-order valence-corrected chi connectivity index (χ0v) is 13.4. The first-order valence-electron chi connectivity index (χ1n) is 7.44. The maximum atomic E-state index is 5.45. The molecule has 0 saturated heterocycles. The molecule has 1 aromatic carbocycles. The fourth-order valence-corrected chi connectivity index (χ4v) is 2.34. The number of hydrogen-bond donors (Lipinski definition) is 1. The fraction of sp³-hybridized carbons (Fsp3) is 0.471. The van der Waals surface area contributed by atoms with E-state index in [1.54, 1.807) is 7.11 Å². The van der Waals surface area contributed by atoms with E-state index in [4.69, 9.17) is 4.74 Å². The molecular formula is C17H25N3O. The second-order valence-electron chi connectivity index (χ2n) is 5.81. The molecule has 0 aliphatic rings. The molecule has 1 N–H and O–H groups in total. The first-order valence-corrected chi connectivity index (χ1v) is 7.44. The Morgan fingerprint density at radius 1 is 1.33 bits per heavy atom. The molecule has 0 aliphatic heterocycles. The summed E-state index contributed by atoms with van der Waals surface area (Å²) >= 11 is 0. The zero-order chi connectivity index (χ0) is 15.2. The lowest BCUT2D eigenvalue weighted by Gasteiger charge is -2.13. The summed E-state index contributed by atoms with van der Waals surface area (Å²) in [5, 5.41) is 3.44. The molecule has 114 valence electrons. The highest BCUT2D eigenvalue weighted by molar-refractivity contribution is 5.37. The van der Waals surface area contributed by atoms with Gasteiger partial charge in [0.1, 0.15) is 11.6 Å². The van der Waals surface area contributed by atoms with Gasteiger partial charge in [-0.15, -0.1) is 0 Å². The van der Waals surface area contributed by atoms with Crippen molar-refractivity contribution in [3.05, 3.63) is 47.5 Å². The van der Waals surface area contributed by atoms with Crippen LogP contribution in [-0.2, 0) is 13.1 Å². The smallest absolute Gasteiger partial charge is 0.123 e. The number of ether oxygens (including phenoxy) is 1. The van der Waals surface area contributed by atoms with Gasteiger partial charge in [-0.05, 0) is 25.5 Å². The molecule has 1 heterocycles. The summed E-state index contributed by atoms with van der Waals surface area (Å²) in [7, 11) is 1.72. The maximum absolute atomic E-state index is 5.45. The Hall–Kier alpha value is -1.81. The number of methoxy groups -OCH3 is 1. The first kappa shape index (κ1) is 15.6. The van der Waals surface area contributed by atoms with Crippen LogP contribution in [0.1, 0.15) is 30.8 Å². The van der Waals surface area contributed by atoms with Crippen molar-refractivity contribution in [2.45, 2.75) is 33.9 Å². The Labute approximate surface area is 127 Å². The van der Waals surface area contributed by atoms with Crippen LogP contribution in [0.5, 0.6) is 5.75 Å². The van der Waals surface area contributed by atoms with Crippen LogP contribution in [0.2, 0.25) is 0 Å². The van der Waals surface area contributed by atoms with Gasteiger partial charge in [0.2, 0.25) is 0 Å². The van der Waals surface area contributed by atoms with Crippen LogP contribution in [0.25, 0.3) is 0 Å². The third-order valence-electron chi connectivity index (χ3n) is 3.41. The second kappa shape index (κ2) is 7.27. The number of aryl methyl sites for hydroxylation is 1. The number of nitrogens with zero attached hydrogens (tertiary/aromatic N) is 2. The van der Waals surface area contributed by atoms with Crippen molar-refractivity contribution in [2.75, 3.05) is 13.7 Å². The van der Waals surface area contributed by atoms with Gasteiger partial charge in [0.15, 0.2) is 0 Å². The van der Waals surface area contributed by atoms with Crippen LogP contribution in [0.15, 0.2) is 30.6 Å². The molecular weight excluding hydrogens is 262 g/mol. The minimum Gasteiger partial charge on any atom is -0.496 e. The molecule has 0 fully saturated rings. The first-order chi connectivity index (χ1) is 10.1. The minimum absolute atomic E-state index is 0.644. The summed E-state index contributed by atoms with van der Waals surface area (Å²) in [5.74, 6) is 2.62. The average molecular weight is 287 g/mol. The van der Waals surface area contributed by atoms with Gasteiger partial charge in [-0.3, -0.25) is 0 Å². The summed E-state index contributed by atoms with van der Waals surface area (Å²) < 4.78 is 7.62. The highest BCUT2D eigenvalue weighted by atomic mass is 16.5. The van der Waals surface area contributed by atoms with Crippen LogP contribution in [-0.4, -0.2) is 23.2 Å². The largest absolute Gasteiger partial charge is 0.496 e. The third-order valence-corrected chi connectivity index (χ3v) is 3.41. The third kappa shape index (κ3) is 4.33. The van der Waals surface area contributed by atoms with Crippen molar-refractivity contribution in [1.29, 1.82) is 0 Å². The Balaban J connectivity index is 2.10. The summed E-state index contributed by atoms with van der Waals surface area (Å²) in [6.45, 7) is 9.08. The quantitative estimate of drug-likeness (QED) is 0.851. The molecule has 2 rings (SSSR count). The molecule has 0 bridgehead atoms. The van der Waals surface area contributed by atoms with E-state index in [0.29, 0.717) is 5.92 Å². The molecule has 2 aromatic rings. The van der Waals surface area contributed by atoms with Crippen molar-refractivity contribution in [1.82, 2.24) is 14.9 Å². The number of hydrogen-bond acceptors (Lipinski definition) is 3. The summed E-state index contributed by atoms with van der Waals surface area (Å²) in [6, 6.07) is 6.27. The Kier molecular flexibility index (Phi) is 5.39. The van der Waals surface area contributed by atoms with Gasteiger partial charge in [0, 0.05) is 18.0 Å². The average Bonchev–Trinajstić information content (AvgIpc) is 2.86. The zero-order valence-electron chi connectivity index (χ0n) is 13.4. The Morgan fingerprint density at radius 2 is 2.14 bits per heavy atom. The lowest BCUT2D eigenvalue weighted by molar-refractivity contribution is 0.407. The molecule has 0 spiro atoms. The Bertz CT molecular complexity index is 575. The maximum Gasteiger partial charge on any atom is 0.123 e. The van der Waals surface area contributed by atoms with Crippen LogP contribution in [0.4, 0.5) is 0 Å². The van der Waals surface area contributed by atoms with Gasteiger partial charge in [-0.1, -0.05) is 31.5 Å². The van der Waals surface area contributed by atoms with E-state index in [9.17, 15) is 0 Å². The molecule has 21 heavy (non-hydrogen) atoms. The van der Waals surface area contributed by atoms with E-state index >= 15 is 0 Å². The number of aromatic nitrogens is 2. The van der Waals surface area contributed by atoms with E-state index < -0.39 is 0 Å². The SMILES string of the molecule is COc1ccc(C)cc1Cn1ccnc1CNCC(C)C. The molecule has 4 nitrogen and oxygen atoms in total. The topological polar surface area (TPSA) is 39.1 Å². The highest BCUT2D eigenvalue weighted by Crippen LogP contribution is 2.21. The number of rotatable bonds is 7. The highest BCUT2D eigenvalue weighted by Gasteiger charge is 2.08. The van der Waals surface area contributed by atoms with E-state index in [0.717, 1.165) is 31.2 Å². The van der Waals surface area contributed by atoms with Gasteiger partial charge >= 0.3 is 0 Å². The van der Waals surface area contributed by atoms with E-state index in [2.05, 4.69) is 47.8 Å². The predicted octanol–water partition coefficient (Wildman–Crippen LogP) is 2.99. The molecule has 0 unspecified atom stereocenters. The fourth-order valence-electron chi connectivity index (χ4n) is 2.34. The van der Waals surface area contributed by atoms with Gasteiger partial charge in [0.25, 0.3) is 0 Å². The lowest BCUT2D eigenvalue weighted by atomic mass is 10.1. The summed E-state index contributed by atoms with van der Waals surface area (Å²) in [6.07, 6.45) is 3.88. The van der Waals surface area contributed by atoms with Gasteiger partial charge in [0.05, 0.1) is 20.2 Å². The van der Waals surface area contributed by atoms with Gasteiger partial charge < -0.3 is 14.6 Å². The van der Waals surface area contributed by atoms with Crippen LogP contribution < -0.4 is 10.1 Å². The lowest BCUT2D eigenvalue weighted by Crippen LogP contribution is -2.21. The normalized spacial score (nSPS) is 11.1. The predicted molar refractivity (Wildman–Crippen MR) is 85.6 cm³/mol. The van der Waals surface area contributed by atoms with Gasteiger partial charge in [-0.2, -0.15) is 0 Å². The standard InChI is InChI=1S/C17H25N3O/c1-13(2)10-18-11-17-19-7-8-20(17)12-15-9-14(3)5-6-16(15)21-4/h5-9,13,18H,10-12H2,1-4H3. The van der Waals surface area contributed by atoms with Crippen molar-refractivity contribution >= 4 is 0 Å². The van der Waals surface area contributed by atoms with E-state index in [-0.39, 0.29) is 0 Å². The van der Waals surface area contributed by atoms with Crippen molar-refractivity contribution in [3.8, 4) is 5.75 Å². The van der Waals surface area contributed by atoms with Crippen molar-refractivity contribution < 1.29 is 4.74 Å². The molecule has 0 amide bonds. The molecule has 0 radical (unpaired) electrons. The molecule has 1 aromatic heterocycles. The number of imidazole rings is 1. The van der Waals surface area contributed by atoms with Crippen molar-refractivity contribution in [2.24, 2.45) is 5.92 Å². The number of benzene rings is 1. The van der Waals surface area contributed by atoms with E-state index in [1.807, 2.05) is 18.5 Å². The molecule has 0 saturated carbocycles. The van der Waals surface area contributed by atoms with Crippen molar-refractivity contribution in [3.63, 3.8) is 0 Å². The minimum atomic E-state index is 0.644. The molecule has 0 aliphatic carbocycles. The van der Waals surface area contributed by atoms with E-state index in [1.165, 1.54) is 11.1 Å². The second-order valence-corrected chi connectivity index (χ2v) is 5.81. The summed E-state index contributed by atoms with van der Waals surface area (Å²) in [4.78, 5) is 4.45. The molecule has 0 atom stereocenters.